The molecule has 0 spiro atoms. The number of carbonyl (C=O) groups is 1. The van der Waals surface area contributed by atoms with E-state index < -0.39 is 0 Å². The molecule has 0 saturated heterocycles. The van der Waals surface area contributed by atoms with Crippen LogP contribution in [0.2, 0.25) is 0 Å². The number of amides is 1. The number of hydrogen-bond acceptors (Lipinski definition) is 4. The van der Waals surface area contributed by atoms with Crippen LogP contribution in [0.15, 0.2) is 29.1 Å². The van der Waals surface area contributed by atoms with Gasteiger partial charge in [0, 0.05) is 25.7 Å². The molecular weight excluding hydrogens is 342 g/mol. The fourth-order valence-corrected chi connectivity index (χ4v) is 3.34. The van der Waals surface area contributed by atoms with Crippen molar-refractivity contribution in [3.63, 3.8) is 0 Å². The number of fused-ring (bicyclic) bond motifs is 1. The number of H-pyrrole nitrogens is 1. The van der Waals surface area contributed by atoms with Crippen molar-refractivity contribution in [3.8, 4) is 0 Å². The molecule has 0 atom stereocenters. The number of para-hydroxylation sites is 1. The molecular formula is C20H25N5O2. The third kappa shape index (κ3) is 3.92. The van der Waals surface area contributed by atoms with Gasteiger partial charge in [-0.3, -0.25) is 14.3 Å². The van der Waals surface area contributed by atoms with E-state index in [0.717, 1.165) is 17.0 Å². The molecule has 0 saturated carbocycles. The zero-order chi connectivity index (χ0) is 19.6. The molecule has 0 radical (unpaired) electrons. The van der Waals surface area contributed by atoms with Crippen LogP contribution < -0.4 is 5.56 Å². The van der Waals surface area contributed by atoms with Gasteiger partial charge in [-0.15, -0.1) is 0 Å². The molecule has 0 aliphatic heterocycles. The Hall–Kier alpha value is -2.96. The van der Waals surface area contributed by atoms with Crippen LogP contribution in [0.1, 0.15) is 36.1 Å². The summed E-state index contributed by atoms with van der Waals surface area (Å²) in [7, 11) is 1.91. The van der Waals surface area contributed by atoms with Crippen molar-refractivity contribution in [1.82, 2.24) is 24.6 Å². The van der Waals surface area contributed by atoms with Crippen LogP contribution in [0.25, 0.3) is 10.9 Å². The van der Waals surface area contributed by atoms with Crippen LogP contribution in [0.3, 0.4) is 0 Å². The van der Waals surface area contributed by atoms with Crippen LogP contribution in [0.5, 0.6) is 0 Å². The van der Waals surface area contributed by atoms with Crippen molar-refractivity contribution >= 4 is 16.8 Å². The maximum atomic E-state index is 12.7. The molecule has 0 aliphatic rings. The Morgan fingerprint density at radius 2 is 2.00 bits per heavy atom. The van der Waals surface area contributed by atoms with Gasteiger partial charge in [0.05, 0.1) is 23.1 Å². The quantitative estimate of drug-likeness (QED) is 0.724. The first kappa shape index (κ1) is 18.8. The summed E-state index contributed by atoms with van der Waals surface area (Å²) in [5.74, 6) is 0.540. The molecule has 7 heteroatoms. The minimum absolute atomic E-state index is 0.0379. The summed E-state index contributed by atoms with van der Waals surface area (Å²) in [6.45, 7) is 6.76. The van der Waals surface area contributed by atoms with Gasteiger partial charge in [0.2, 0.25) is 5.91 Å². The predicted octanol–water partition coefficient (Wildman–Crippen LogP) is 2.25. The van der Waals surface area contributed by atoms with Crippen LogP contribution in [-0.2, 0) is 24.8 Å². The first-order valence-electron chi connectivity index (χ1n) is 9.15. The number of aromatic nitrogens is 4. The lowest BCUT2D eigenvalue weighted by atomic mass is 10.1. The Labute approximate surface area is 158 Å². The topological polar surface area (TPSA) is 83.9 Å². The molecule has 0 unspecified atom stereocenters. The van der Waals surface area contributed by atoms with E-state index >= 15 is 0 Å². The second-order valence-corrected chi connectivity index (χ2v) is 6.71. The van der Waals surface area contributed by atoms with Crippen LogP contribution in [0.4, 0.5) is 0 Å². The molecule has 7 nitrogen and oxygen atoms in total. The molecule has 3 aromatic rings. The predicted molar refractivity (Wildman–Crippen MR) is 104 cm³/mol. The van der Waals surface area contributed by atoms with E-state index in [1.54, 1.807) is 17.0 Å². The lowest BCUT2D eigenvalue weighted by molar-refractivity contribution is -0.131. The highest BCUT2D eigenvalue weighted by molar-refractivity contribution is 5.78. The molecule has 1 amide bonds. The van der Waals surface area contributed by atoms with Crippen molar-refractivity contribution in [2.24, 2.45) is 7.05 Å². The normalized spacial score (nSPS) is 11.1. The van der Waals surface area contributed by atoms with Crippen molar-refractivity contribution in [2.75, 3.05) is 6.54 Å². The summed E-state index contributed by atoms with van der Waals surface area (Å²) >= 11 is 0. The van der Waals surface area contributed by atoms with E-state index in [-0.39, 0.29) is 11.5 Å². The number of nitrogens with one attached hydrogen (secondary N) is 1. The van der Waals surface area contributed by atoms with Gasteiger partial charge in [-0.1, -0.05) is 12.1 Å². The van der Waals surface area contributed by atoms with E-state index in [0.29, 0.717) is 42.7 Å². The number of aromatic amines is 1. The molecule has 2 aromatic heterocycles. The molecule has 0 fully saturated rings. The summed E-state index contributed by atoms with van der Waals surface area (Å²) in [5.41, 5.74) is 3.64. The Morgan fingerprint density at radius 1 is 1.26 bits per heavy atom. The zero-order valence-corrected chi connectivity index (χ0v) is 16.2. The smallest absolute Gasteiger partial charge is 0.258 e. The zero-order valence-electron chi connectivity index (χ0n) is 16.2. The SMILES string of the molecule is CCN(Cc1nc2ccccc2c(=O)[nH]1)C(=O)CCc1c(C)nn(C)c1C. The second-order valence-electron chi connectivity index (χ2n) is 6.71. The average molecular weight is 367 g/mol. The number of aryl methyl sites for hydroxylation is 2. The van der Waals surface area contributed by atoms with Gasteiger partial charge in [0.1, 0.15) is 5.82 Å². The summed E-state index contributed by atoms with van der Waals surface area (Å²) < 4.78 is 1.84. The largest absolute Gasteiger partial charge is 0.335 e. The van der Waals surface area contributed by atoms with E-state index in [4.69, 9.17) is 0 Å². The first-order chi connectivity index (χ1) is 12.9. The molecule has 3 rings (SSSR count). The maximum absolute atomic E-state index is 12.7. The monoisotopic (exact) mass is 367 g/mol. The van der Waals surface area contributed by atoms with Crippen molar-refractivity contribution in [3.05, 3.63) is 57.4 Å². The highest BCUT2D eigenvalue weighted by Crippen LogP contribution is 2.15. The lowest BCUT2D eigenvalue weighted by Gasteiger charge is -2.20. The van der Waals surface area contributed by atoms with Crippen LogP contribution in [-0.4, -0.2) is 37.1 Å². The van der Waals surface area contributed by atoms with Gasteiger partial charge in [-0.05, 0) is 44.9 Å². The third-order valence-electron chi connectivity index (χ3n) is 4.98. The standard InChI is InChI=1S/C20H25N5O2/c1-5-25(19(26)11-10-15-13(2)23-24(4)14(15)3)12-18-21-17-9-7-6-8-16(17)20(27)22-18/h6-9H,5,10-12H2,1-4H3,(H,21,22,27). The van der Waals surface area contributed by atoms with Crippen LogP contribution >= 0.6 is 0 Å². The Morgan fingerprint density at radius 3 is 2.67 bits per heavy atom. The number of rotatable bonds is 6. The summed E-state index contributed by atoms with van der Waals surface area (Å²) in [5, 5.41) is 4.96. The summed E-state index contributed by atoms with van der Waals surface area (Å²) in [6, 6.07) is 7.20. The molecule has 0 aliphatic carbocycles. The van der Waals surface area contributed by atoms with Gasteiger partial charge in [-0.25, -0.2) is 4.98 Å². The van der Waals surface area contributed by atoms with E-state index in [1.807, 2.05) is 44.6 Å². The fourth-order valence-electron chi connectivity index (χ4n) is 3.34. The van der Waals surface area contributed by atoms with Crippen molar-refractivity contribution < 1.29 is 4.79 Å². The Balaban J connectivity index is 1.73. The van der Waals surface area contributed by atoms with Gasteiger partial charge in [0.25, 0.3) is 5.56 Å². The summed E-state index contributed by atoms with van der Waals surface area (Å²) in [6.07, 6.45) is 1.06. The van der Waals surface area contributed by atoms with Gasteiger partial charge in [-0.2, -0.15) is 5.10 Å². The summed E-state index contributed by atoms with van der Waals surface area (Å²) in [4.78, 5) is 33.9. The molecule has 2 heterocycles. The number of carbonyl (C=O) groups excluding carboxylic acids is 1. The van der Waals surface area contributed by atoms with Gasteiger partial charge in [0.15, 0.2) is 0 Å². The first-order valence-corrected chi connectivity index (χ1v) is 9.15. The molecule has 0 bridgehead atoms. The Bertz CT molecular complexity index is 1030. The number of benzene rings is 1. The highest BCUT2D eigenvalue weighted by atomic mass is 16.2. The van der Waals surface area contributed by atoms with Gasteiger partial charge >= 0.3 is 0 Å². The van der Waals surface area contributed by atoms with Crippen LogP contribution in [0, 0.1) is 13.8 Å². The fraction of sp³-hybridized carbons (Fsp3) is 0.400. The third-order valence-corrected chi connectivity index (χ3v) is 4.98. The second kappa shape index (κ2) is 7.73. The van der Waals surface area contributed by atoms with E-state index in [9.17, 15) is 9.59 Å². The minimum atomic E-state index is -0.180. The molecule has 142 valence electrons. The van der Waals surface area contributed by atoms with E-state index in [1.165, 1.54) is 0 Å². The Kier molecular flexibility index (Phi) is 5.39. The number of nitrogens with zero attached hydrogens (tertiary/aromatic N) is 4. The van der Waals surface area contributed by atoms with E-state index in [2.05, 4.69) is 15.1 Å². The molecule has 27 heavy (non-hydrogen) atoms. The lowest BCUT2D eigenvalue weighted by Crippen LogP contribution is -2.32. The maximum Gasteiger partial charge on any atom is 0.258 e. The average Bonchev–Trinajstić information content (AvgIpc) is 2.89. The highest BCUT2D eigenvalue weighted by Gasteiger charge is 2.17. The van der Waals surface area contributed by atoms with Crippen molar-refractivity contribution in [1.29, 1.82) is 0 Å². The molecule has 1 aromatic carbocycles. The number of hydrogen-bond donors (Lipinski definition) is 1. The van der Waals surface area contributed by atoms with Crippen molar-refractivity contribution in [2.45, 2.75) is 40.2 Å². The van der Waals surface area contributed by atoms with Gasteiger partial charge < -0.3 is 9.88 Å². The molecule has 1 N–H and O–H groups in total. The minimum Gasteiger partial charge on any atom is -0.335 e.